The van der Waals surface area contributed by atoms with Crippen LogP contribution in [0.2, 0.25) is 24.7 Å². The zero-order chi connectivity index (χ0) is 17.0. The monoisotopic (exact) mass is 339 g/mol. The SMILES string of the molecule is Cc1ccc(N=C(C#C[Si](C)(C)C)c2cccc(Cl)c2C)cc1. The molecule has 23 heavy (non-hydrogen) atoms. The maximum absolute atomic E-state index is 6.28. The summed E-state index contributed by atoms with van der Waals surface area (Å²) in [5.41, 5.74) is 8.36. The molecule has 1 nitrogen and oxygen atoms in total. The first-order valence-corrected chi connectivity index (χ1v) is 11.6. The van der Waals surface area contributed by atoms with Crippen LogP contribution in [0.3, 0.4) is 0 Å². The van der Waals surface area contributed by atoms with E-state index in [1.165, 1.54) is 5.56 Å². The fraction of sp³-hybridized carbons (Fsp3) is 0.250. The highest BCUT2D eigenvalue weighted by Crippen LogP contribution is 2.22. The van der Waals surface area contributed by atoms with E-state index in [9.17, 15) is 0 Å². The van der Waals surface area contributed by atoms with Crippen molar-refractivity contribution < 1.29 is 0 Å². The van der Waals surface area contributed by atoms with Crippen molar-refractivity contribution >= 4 is 31.1 Å². The van der Waals surface area contributed by atoms with Crippen LogP contribution in [0.15, 0.2) is 47.5 Å². The van der Waals surface area contributed by atoms with Crippen molar-refractivity contribution in [2.75, 3.05) is 0 Å². The van der Waals surface area contributed by atoms with Crippen molar-refractivity contribution in [3.05, 3.63) is 64.2 Å². The van der Waals surface area contributed by atoms with Crippen LogP contribution in [0, 0.1) is 25.3 Å². The third-order valence-corrected chi connectivity index (χ3v) is 4.64. The molecule has 0 fully saturated rings. The second-order valence-electron chi connectivity index (χ2n) is 6.71. The van der Waals surface area contributed by atoms with Crippen molar-refractivity contribution in [2.45, 2.75) is 33.5 Å². The largest absolute Gasteiger partial charge is 0.239 e. The minimum Gasteiger partial charge on any atom is -0.239 e. The highest BCUT2D eigenvalue weighted by atomic mass is 35.5. The minimum atomic E-state index is -1.48. The standard InChI is InChI=1S/C20H22ClNSi/c1-15-9-11-17(12-10-15)22-20(13-14-23(3,4)5)18-7-6-8-19(21)16(18)2/h6-12H,1-5H3. The van der Waals surface area contributed by atoms with Gasteiger partial charge in [-0.1, -0.05) is 67.0 Å². The quantitative estimate of drug-likeness (QED) is 0.363. The molecule has 0 aliphatic carbocycles. The first-order chi connectivity index (χ1) is 10.8. The number of rotatable bonds is 2. The van der Waals surface area contributed by atoms with Gasteiger partial charge in [0.15, 0.2) is 0 Å². The van der Waals surface area contributed by atoms with Crippen molar-refractivity contribution in [3.63, 3.8) is 0 Å². The summed E-state index contributed by atoms with van der Waals surface area (Å²) in [5, 5.41) is 0.744. The average Bonchev–Trinajstić information content (AvgIpc) is 2.48. The van der Waals surface area contributed by atoms with E-state index in [-0.39, 0.29) is 0 Å². The normalized spacial score (nSPS) is 11.8. The summed E-state index contributed by atoms with van der Waals surface area (Å²) >= 11 is 6.28. The number of nitrogens with zero attached hydrogens (tertiary/aromatic N) is 1. The van der Waals surface area contributed by atoms with Gasteiger partial charge in [0, 0.05) is 10.6 Å². The lowest BCUT2D eigenvalue weighted by Gasteiger charge is -2.08. The lowest BCUT2D eigenvalue weighted by Crippen LogP contribution is -2.17. The predicted molar refractivity (Wildman–Crippen MR) is 105 cm³/mol. The highest BCUT2D eigenvalue weighted by molar-refractivity contribution is 6.84. The zero-order valence-corrected chi connectivity index (χ0v) is 16.1. The molecular weight excluding hydrogens is 318 g/mol. The van der Waals surface area contributed by atoms with Gasteiger partial charge in [0.2, 0.25) is 0 Å². The van der Waals surface area contributed by atoms with Gasteiger partial charge in [0.05, 0.1) is 5.69 Å². The Kier molecular flexibility index (Phi) is 5.46. The van der Waals surface area contributed by atoms with Crippen LogP contribution in [-0.4, -0.2) is 13.8 Å². The second-order valence-corrected chi connectivity index (χ2v) is 11.9. The van der Waals surface area contributed by atoms with E-state index in [1.807, 2.05) is 37.3 Å². The van der Waals surface area contributed by atoms with E-state index in [2.05, 4.69) is 50.2 Å². The maximum Gasteiger partial charge on any atom is 0.129 e. The van der Waals surface area contributed by atoms with Gasteiger partial charge in [-0.25, -0.2) is 4.99 Å². The molecule has 3 heteroatoms. The number of benzene rings is 2. The Bertz CT molecular complexity index is 787. The Labute approximate surface area is 145 Å². The van der Waals surface area contributed by atoms with Gasteiger partial charge in [-0.2, -0.15) is 0 Å². The first-order valence-electron chi connectivity index (χ1n) is 7.70. The van der Waals surface area contributed by atoms with Crippen LogP contribution in [0.25, 0.3) is 0 Å². The molecule has 0 unspecified atom stereocenters. The van der Waals surface area contributed by atoms with E-state index in [0.29, 0.717) is 0 Å². The average molecular weight is 340 g/mol. The van der Waals surface area contributed by atoms with E-state index < -0.39 is 8.07 Å². The molecule has 2 aromatic rings. The summed E-state index contributed by atoms with van der Waals surface area (Å²) in [4.78, 5) is 4.78. The highest BCUT2D eigenvalue weighted by Gasteiger charge is 2.11. The molecule has 118 valence electrons. The first kappa shape index (κ1) is 17.5. The summed E-state index contributed by atoms with van der Waals surface area (Å²) in [6.07, 6.45) is 0. The fourth-order valence-electron chi connectivity index (χ4n) is 2.01. The molecule has 0 spiro atoms. The van der Waals surface area contributed by atoms with Gasteiger partial charge < -0.3 is 0 Å². The van der Waals surface area contributed by atoms with Gasteiger partial charge in [0.1, 0.15) is 13.8 Å². The molecule has 2 aromatic carbocycles. The van der Waals surface area contributed by atoms with Crippen molar-refractivity contribution in [1.29, 1.82) is 0 Å². The Morgan fingerprint density at radius 2 is 1.65 bits per heavy atom. The molecule has 0 N–H and O–H groups in total. The number of aliphatic imine (C=N–C) groups is 1. The van der Waals surface area contributed by atoms with Gasteiger partial charge in [-0.3, -0.25) is 0 Å². The lowest BCUT2D eigenvalue weighted by atomic mass is 10.0. The van der Waals surface area contributed by atoms with Gasteiger partial charge in [-0.15, -0.1) is 5.54 Å². The van der Waals surface area contributed by atoms with Crippen LogP contribution in [-0.2, 0) is 0 Å². The van der Waals surface area contributed by atoms with Crippen LogP contribution in [0.5, 0.6) is 0 Å². The molecule has 0 atom stereocenters. The molecule has 2 rings (SSSR count). The molecule has 0 aromatic heterocycles. The molecule has 0 aliphatic rings. The summed E-state index contributed by atoms with van der Waals surface area (Å²) < 4.78 is 0. The third kappa shape index (κ3) is 5.09. The number of halogens is 1. The van der Waals surface area contributed by atoms with Crippen LogP contribution >= 0.6 is 11.6 Å². The van der Waals surface area contributed by atoms with Crippen LogP contribution in [0.4, 0.5) is 5.69 Å². The fourth-order valence-corrected chi connectivity index (χ4v) is 2.68. The molecule has 0 saturated heterocycles. The van der Waals surface area contributed by atoms with Gasteiger partial charge in [0.25, 0.3) is 0 Å². The number of hydrogen-bond donors (Lipinski definition) is 0. The van der Waals surface area contributed by atoms with Crippen molar-refractivity contribution in [3.8, 4) is 11.5 Å². The summed E-state index contributed by atoms with van der Waals surface area (Å²) in [7, 11) is -1.48. The van der Waals surface area contributed by atoms with E-state index in [4.69, 9.17) is 16.6 Å². The topological polar surface area (TPSA) is 12.4 Å². The molecular formula is C20H22ClNSi. The minimum absolute atomic E-state index is 0.744. The van der Waals surface area contributed by atoms with E-state index in [1.54, 1.807) is 0 Å². The number of aryl methyl sites for hydroxylation is 1. The molecule has 0 heterocycles. The van der Waals surface area contributed by atoms with Gasteiger partial charge in [-0.05, 0) is 37.6 Å². The number of hydrogen-bond acceptors (Lipinski definition) is 1. The third-order valence-electron chi connectivity index (χ3n) is 3.35. The van der Waals surface area contributed by atoms with Crippen LogP contribution in [0.1, 0.15) is 16.7 Å². The maximum atomic E-state index is 6.28. The molecule has 0 amide bonds. The van der Waals surface area contributed by atoms with E-state index >= 15 is 0 Å². The Morgan fingerprint density at radius 3 is 2.26 bits per heavy atom. The summed E-state index contributed by atoms with van der Waals surface area (Å²) in [5.74, 6) is 3.31. The Morgan fingerprint density at radius 1 is 1.00 bits per heavy atom. The Balaban J connectivity index is 2.57. The van der Waals surface area contributed by atoms with Crippen molar-refractivity contribution in [1.82, 2.24) is 0 Å². The van der Waals surface area contributed by atoms with E-state index in [0.717, 1.165) is 27.5 Å². The molecule has 0 saturated carbocycles. The molecule has 0 radical (unpaired) electrons. The van der Waals surface area contributed by atoms with Crippen LogP contribution < -0.4 is 0 Å². The molecule has 0 bridgehead atoms. The summed E-state index contributed by atoms with van der Waals surface area (Å²) in [6, 6.07) is 14.0. The summed E-state index contributed by atoms with van der Waals surface area (Å²) in [6.45, 7) is 10.8. The molecule has 0 aliphatic heterocycles. The zero-order valence-electron chi connectivity index (χ0n) is 14.4. The second kappa shape index (κ2) is 7.17. The lowest BCUT2D eigenvalue weighted by molar-refractivity contribution is 1.41. The van der Waals surface area contributed by atoms with Gasteiger partial charge >= 0.3 is 0 Å². The smallest absolute Gasteiger partial charge is 0.129 e. The van der Waals surface area contributed by atoms with Crippen molar-refractivity contribution in [2.24, 2.45) is 4.99 Å². The predicted octanol–water partition coefficient (Wildman–Crippen LogP) is 5.96. The Hall–Kier alpha value is -1.82.